The molecule has 0 aliphatic rings. The number of rotatable bonds is 4. The molecule has 1 atom stereocenters. The number of benzene rings is 1. The fourth-order valence-electron chi connectivity index (χ4n) is 1.21. The predicted molar refractivity (Wildman–Crippen MR) is 67.3 cm³/mol. The molecule has 18 heavy (non-hydrogen) atoms. The predicted octanol–water partition coefficient (Wildman–Crippen LogP) is 1.80. The van der Waals surface area contributed by atoms with Gasteiger partial charge in [0, 0.05) is 18.4 Å². The van der Waals surface area contributed by atoms with Gasteiger partial charge in [-0.15, -0.1) is 0 Å². The first-order chi connectivity index (χ1) is 8.07. The number of aliphatic hydroxyl groups excluding tert-OH is 1. The molecule has 0 aliphatic carbocycles. The van der Waals surface area contributed by atoms with Gasteiger partial charge in [0.05, 0.1) is 4.92 Å². The number of nitro groups is 1. The summed E-state index contributed by atoms with van der Waals surface area (Å²) in [6, 6.07) is 4.79. The highest BCUT2D eigenvalue weighted by atomic mass is 35.5. The number of nitro benzene ring substituents is 1. The Morgan fingerprint density at radius 2 is 2.00 bits per heavy atom. The number of hydrogen-bond acceptors (Lipinski definition) is 5. The van der Waals surface area contributed by atoms with Gasteiger partial charge >= 0.3 is 0 Å². The second kappa shape index (κ2) is 5.00. The number of nitrogens with zero attached hydrogens (tertiary/aromatic N) is 1. The highest BCUT2D eigenvalue weighted by Gasteiger charge is 2.45. The van der Waals surface area contributed by atoms with Crippen molar-refractivity contribution in [3.05, 3.63) is 39.9 Å². The molecule has 0 fully saturated rings. The molecule has 0 radical (unpaired) electrons. The molecular formula is C9H9Cl2NO5S. The van der Waals surface area contributed by atoms with Crippen molar-refractivity contribution in [2.24, 2.45) is 0 Å². The van der Waals surface area contributed by atoms with E-state index in [0.717, 1.165) is 12.3 Å². The molecule has 0 saturated heterocycles. The number of aliphatic hydroxyl groups is 1. The Bertz CT molecular complexity index is 572. The van der Waals surface area contributed by atoms with E-state index < -0.39 is 24.5 Å². The summed E-state index contributed by atoms with van der Waals surface area (Å²) in [5, 5.41) is 20.4. The third-order valence-electron chi connectivity index (χ3n) is 2.21. The van der Waals surface area contributed by atoms with Crippen molar-refractivity contribution < 1.29 is 18.4 Å². The zero-order valence-corrected chi connectivity index (χ0v) is 11.4. The fourth-order valence-corrected chi connectivity index (χ4v) is 2.00. The van der Waals surface area contributed by atoms with Crippen molar-refractivity contribution in [3.63, 3.8) is 0 Å². The van der Waals surface area contributed by atoms with Gasteiger partial charge in [-0.2, -0.15) is 0 Å². The number of non-ortho nitro benzene ring substituents is 1. The zero-order valence-electron chi connectivity index (χ0n) is 9.08. The second-order valence-electron chi connectivity index (χ2n) is 3.59. The lowest BCUT2D eigenvalue weighted by Gasteiger charge is -2.23. The van der Waals surface area contributed by atoms with E-state index in [1.165, 1.54) is 18.2 Å². The lowest BCUT2D eigenvalue weighted by molar-refractivity contribution is -0.385. The van der Waals surface area contributed by atoms with E-state index in [-0.39, 0.29) is 11.3 Å². The lowest BCUT2D eigenvalue weighted by Crippen LogP contribution is -2.32. The van der Waals surface area contributed by atoms with E-state index in [4.69, 9.17) is 23.2 Å². The third-order valence-corrected chi connectivity index (χ3v) is 5.52. The van der Waals surface area contributed by atoms with E-state index in [0.29, 0.717) is 0 Å². The van der Waals surface area contributed by atoms with Crippen molar-refractivity contribution in [2.45, 2.75) is 9.77 Å². The van der Waals surface area contributed by atoms with Gasteiger partial charge in [0.15, 0.2) is 9.84 Å². The first-order valence-electron chi connectivity index (χ1n) is 4.57. The number of halogens is 2. The van der Waals surface area contributed by atoms with Gasteiger partial charge in [-0.05, 0) is 5.56 Å². The molecule has 1 N–H and O–H groups in total. The van der Waals surface area contributed by atoms with Crippen molar-refractivity contribution >= 4 is 38.7 Å². The van der Waals surface area contributed by atoms with Crippen LogP contribution < -0.4 is 0 Å². The van der Waals surface area contributed by atoms with Gasteiger partial charge < -0.3 is 5.11 Å². The minimum absolute atomic E-state index is 0.0559. The SMILES string of the molecule is CS(=O)(=O)C(Cl)(Cl)[C@@H](O)c1cccc([N+](=O)[O-])c1. The lowest BCUT2D eigenvalue weighted by atomic mass is 10.1. The Labute approximate surface area is 113 Å². The average Bonchev–Trinajstić information content (AvgIpc) is 2.26. The van der Waals surface area contributed by atoms with Crippen LogP contribution in [0.15, 0.2) is 24.3 Å². The van der Waals surface area contributed by atoms with Gasteiger partial charge in [-0.1, -0.05) is 35.3 Å². The maximum absolute atomic E-state index is 11.3. The van der Waals surface area contributed by atoms with Gasteiger partial charge in [0.1, 0.15) is 6.10 Å². The minimum Gasteiger partial charge on any atom is -0.384 e. The Kier molecular flexibility index (Phi) is 4.22. The van der Waals surface area contributed by atoms with Crippen LogP contribution in [0.25, 0.3) is 0 Å². The first-order valence-corrected chi connectivity index (χ1v) is 7.22. The zero-order chi connectivity index (χ0) is 14.1. The van der Waals surface area contributed by atoms with Crippen LogP contribution in [0.2, 0.25) is 0 Å². The second-order valence-corrected chi connectivity index (χ2v) is 7.61. The van der Waals surface area contributed by atoms with Crippen molar-refractivity contribution in [1.29, 1.82) is 0 Å². The van der Waals surface area contributed by atoms with Crippen LogP contribution in [0.3, 0.4) is 0 Å². The molecule has 9 heteroatoms. The number of hydrogen-bond donors (Lipinski definition) is 1. The summed E-state index contributed by atoms with van der Waals surface area (Å²) in [6.07, 6.45) is -1.04. The number of sulfone groups is 1. The van der Waals surface area contributed by atoms with Gasteiger partial charge in [-0.3, -0.25) is 10.1 Å². The van der Waals surface area contributed by atoms with Crippen LogP contribution in [0.1, 0.15) is 11.7 Å². The Morgan fingerprint density at radius 3 is 2.44 bits per heavy atom. The Morgan fingerprint density at radius 1 is 1.44 bits per heavy atom. The molecule has 0 unspecified atom stereocenters. The first kappa shape index (κ1) is 15.2. The molecule has 0 saturated carbocycles. The fraction of sp³-hybridized carbons (Fsp3) is 0.333. The molecule has 0 aliphatic heterocycles. The standard InChI is InChI=1S/C9H9Cl2NO5S/c1-18(16,17)9(10,11)8(13)6-3-2-4-7(5-6)12(14)15/h2-5,8,13H,1H3/t8-/m0/s1. The molecule has 0 aromatic heterocycles. The maximum Gasteiger partial charge on any atom is 0.269 e. The van der Waals surface area contributed by atoms with Crippen LogP contribution >= 0.6 is 23.2 Å². The summed E-state index contributed by atoms with van der Waals surface area (Å²) in [4.78, 5) is 9.88. The number of alkyl halides is 2. The normalized spacial score (nSPS) is 14.2. The van der Waals surface area contributed by atoms with Crippen molar-refractivity contribution in [2.75, 3.05) is 6.26 Å². The topological polar surface area (TPSA) is 97.5 Å². The van der Waals surface area contributed by atoms with E-state index in [9.17, 15) is 23.6 Å². The molecule has 100 valence electrons. The molecule has 0 bridgehead atoms. The Hall–Kier alpha value is -0.890. The summed E-state index contributed by atoms with van der Waals surface area (Å²) >= 11 is 11.2. The molecule has 6 nitrogen and oxygen atoms in total. The molecule has 0 heterocycles. The summed E-state index contributed by atoms with van der Waals surface area (Å²) in [7, 11) is -3.97. The summed E-state index contributed by atoms with van der Waals surface area (Å²) in [5.41, 5.74) is -0.358. The van der Waals surface area contributed by atoms with Crippen molar-refractivity contribution in [1.82, 2.24) is 0 Å². The molecule has 1 aromatic rings. The average molecular weight is 314 g/mol. The van der Waals surface area contributed by atoms with E-state index in [2.05, 4.69) is 0 Å². The van der Waals surface area contributed by atoms with E-state index in [1.54, 1.807) is 0 Å². The molecule has 1 rings (SSSR count). The van der Waals surface area contributed by atoms with Crippen LogP contribution in [0, 0.1) is 10.1 Å². The van der Waals surface area contributed by atoms with Crippen LogP contribution in [0.4, 0.5) is 5.69 Å². The maximum atomic E-state index is 11.3. The summed E-state index contributed by atoms with van der Waals surface area (Å²) in [6.45, 7) is 0. The summed E-state index contributed by atoms with van der Waals surface area (Å²) < 4.78 is 20.2. The van der Waals surface area contributed by atoms with Gasteiger partial charge in [0.25, 0.3) is 5.69 Å². The van der Waals surface area contributed by atoms with E-state index in [1.807, 2.05) is 0 Å². The minimum atomic E-state index is -3.97. The highest BCUT2D eigenvalue weighted by molar-refractivity contribution is 7.94. The quantitative estimate of drug-likeness (QED) is 0.519. The van der Waals surface area contributed by atoms with E-state index >= 15 is 0 Å². The smallest absolute Gasteiger partial charge is 0.269 e. The van der Waals surface area contributed by atoms with Gasteiger partial charge in [-0.25, -0.2) is 8.42 Å². The molecule has 0 spiro atoms. The largest absolute Gasteiger partial charge is 0.384 e. The Balaban J connectivity index is 3.23. The van der Waals surface area contributed by atoms with Crippen LogP contribution in [0.5, 0.6) is 0 Å². The molecular weight excluding hydrogens is 305 g/mol. The third kappa shape index (κ3) is 2.92. The van der Waals surface area contributed by atoms with Gasteiger partial charge in [0.2, 0.25) is 3.67 Å². The highest BCUT2D eigenvalue weighted by Crippen LogP contribution is 2.40. The molecule has 0 amide bonds. The van der Waals surface area contributed by atoms with Crippen molar-refractivity contribution in [3.8, 4) is 0 Å². The van der Waals surface area contributed by atoms with Crippen LogP contribution in [-0.2, 0) is 9.84 Å². The summed E-state index contributed by atoms with van der Waals surface area (Å²) in [5.74, 6) is 0. The molecule has 1 aromatic carbocycles. The van der Waals surface area contributed by atoms with Crippen LogP contribution in [-0.4, -0.2) is 28.4 Å². The monoisotopic (exact) mass is 313 g/mol.